The molecule has 0 aliphatic carbocycles. The van der Waals surface area contributed by atoms with Gasteiger partial charge >= 0.3 is 0 Å². The molecule has 0 aliphatic rings. The molecule has 1 N–H and O–H groups in total. The van der Waals surface area contributed by atoms with Crippen molar-refractivity contribution < 1.29 is 9.18 Å². The summed E-state index contributed by atoms with van der Waals surface area (Å²) in [7, 11) is 0. The molecule has 26 heavy (non-hydrogen) atoms. The SMILES string of the molecule is CCCCCCCCCCCC(=O)Nc1nc(-c2ccc(F)cc2)cs1. The summed E-state index contributed by atoms with van der Waals surface area (Å²) in [4.78, 5) is 16.4. The van der Waals surface area contributed by atoms with Crippen LogP contribution in [-0.4, -0.2) is 10.9 Å². The Morgan fingerprint density at radius 1 is 1.00 bits per heavy atom. The molecule has 0 radical (unpaired) electrons. The van der Waals surface area contributed by atoms with E-state index in [0.717, 1.165) is 24.1 Å². The first-order valence-corrected chi connectivity index (χ1v) is 10.6. The molecule has 1 aromatic heterocycles. The van der Waals surface area contributed by atoms with Crippen LogP contribution in [0, 0.1) is 5.82 Å². The monoisotopic (exact) mass is 376 g/mol. The summed E-state index contributed by atoms with van der Waals surface area (Å²) in [5.74, 6) is -0.244. The third kappa shape index (κ3) is 7.65. The molecule has 5 heteroatoms. The van der Waals surface area contributed by atoms with Gasteiger partial charge in [0, 0.05) is 17.4 Å². The molecule has 0 fully saturated rings. The molecular weight excluding hydrogens is 347 g/mol. The lowest BCUT2D eigenvalue weighted by atomic mass is 10.1. The zero-order chi connectivity index (χ0) is 18.6. The van der Waals surface area contributed by atoms with E-state index in [9.17, 15) is 9.18 Å². The van der Waals surface area contributed by atoms with Crippen molar-refractivity contribution in [3.63, 3.8) is 0 Å². The lowest BCUT2D eigenvalue weighted by Gasteiger charge is -2.03. The molecule has 1 aromatic carbocycles. The number of amides is 1. The Morgan fingerprint density at radius 3 is 2.27 bits per heavy atom. The van der Waals surface area contributed by atoms with Crippen molar-refractivity contribution in [2.75, 3.05) is 5.32 Å². The van der Waals surface area contributed by atoms with Gasteiger partial charge in [-0.05, 0) is 30.7 Å². The third-order valence-corrected chi connectivity index (χ3v) is 5.16. The molecule has 2 aromatic rings. The van der Waals surface area contributed by atoms with E-state index in [1.165, 1.54) is 68.4 Å². The summed E-state index contributed by atoms with van der Waals surface area (Å²) in [6.45, 7) is 2.24. The number of benzene rings is 1. The van der Waals surface area contributed by atoms with Gasteiger partial charge in [-0.2, -0.15) is 0 Å². The predicted molar refractivity (Wildman–Crippen MR) is 108 cm³/mol. The Bertz CT molecular complexity index is 654. The van der Waals surface area contributed by atoms with Crippen LogP contribution in [0.3, 0.4) is 0 Å². The van der Waals surface area contributed by atoms with Gasteiger partial charge in [0.15, 0.2) is 5.13 Å². The first-order chi connectivity index (χ1) is 12.7. The van der Waals surface area contributed by atoms with Crippen LogP contribution in [0.1, 0.15) is 71.1 Å². The second kappa shape index (κ2) is 11.8. The molecule has 0 unspecified atom stereocenters. The summed E-state index contributed by atoms with van der Waals surface area (Å²) < 4.78 is 13.0. The normalized spacial score (nSPS) is 10.8. The molecule has 0 saturated carbocycles. The van der Waals surface area contributed by atoms with Gasteiger partial charge in [-0.15, -0.1) is 11.3 Å². The summed E-state index contributed by atoms with van der Waals surface area (Å²) >= 11 is 1.40. The second-order valence-corrected chi connectivity index (χ2v) is 7.53. The largest absolute Gasteiger partial charge is 0.302 e. The molecular formula is C21H29FN2OS. The Kier molecular flexibility index (Phi) is 9.32. The molecule has 1 amide bonds. The van der Waals surface area contributed by atoms with Crippen molar-refractivity contribution in [3.05, 3.63) is 35.5 Å². The zero-order valence-electron chi connectivity index (χ0n) is 15.6. The van der Waals surface area contributed by atoms with Crippen LogP contribution in [0.4, 0.5) is 9.52 Å². The van der Waals surface area contributed by atoms with E-state index >= 15 is 0 Å². The maximum absolute atomic E-state index is 13.0. The number of nitrogens with one attached hydrogen (secondary N) is 1. The minimum absolute atomic E-state index is 0.0213. The van der Waals surface area contributed by atoms with Gasteiger partial charge in [0.2, 0.25) is 5.91 Å². The van der Waals surface area contributed by atoms with Crippen molar-refractivity contribution in [1.29, 1.82) is 0 Å². The van der Waals surface area contributed by atoms with Crippen LogP contribution in [-0.2, 0) is 4.79 Å². The molecule has 0 spiro atoms. The number of thiazole rings is 1. The number of aromatic nitrogens is 1. The van der Waals surface area contributed by atoms with E-state index in [1.807, 2.05) is 5.38 Å². The second-order valence-electron chi connectivity index (χ2n) is 6.67. The molecule has 0 aliphatic heterocycles. The number of hydrogen-bond acceptors (Lipinski definition) is 3. The molecule has 1 heterocycles. The zero-order valence-corrected chi connectivity index (χ0v) is 16.4. The first kappa shape index (κ1) is 20.6. The summed E-state index contributed by atoms with van der Waals surface area (Å²) in [6.07, 6.45) is 11.7. The van der Waals surface area contributed by atoms with Crippen molar-refractivity contribution >= 4 is 22.4 Å². The molecule has 0 atom stereocenters. The number of carbonyl (C=O) groups is 1. The highest BCUT2D eigenvalue weighted by Gasteiger charge is 2.08. The van der Waals surface area contributed by atoms with Crippen molar-refractivity contribution in [1.82, 2.24) is 4.98 Å². The van der Waals surface area contributed by atoms with Gasteiger partial charge in [0.05, 0.1) is 5.69 Å². The summed E-state index contributed by atoms with van der Waals surface area (Å²) in [6, 6.07) is 6.21. The Morgan fingerprint density at radius 2 is 1.62 bits per heavy atom. The van der Waals surface area contributed by atoms with Crippen LogP contribution < -0.4 is 5.32 Å². The Balaban J connectivity index is 1.60. The highest BCUT2D eigenvalue weighted by Crippen LogP contribution is 2.25. The van der Waals surface area contributed by atoms with Crippen molar-refractivity contribution in [2.24, 2.45) is 0 Å². The number of hydrogen-bond donors (Lipinski definition) is 1. The quantitative estimate of drug-likeness (QED) is 0.413. The van der Waals surface area contributed by atoms with Gasteiger partial charge < -0.3 is 5.32 Å². The van der Waals surface area contributed by atoms with E-state index in [1.54, 1.807) is 12.1 Å². The molecule has 142 valence electrons. The van der Waals surface area contributed by atoms with E-state index in [0.29, 0.717) is 11.6 Å². The van der Waals surface area contributed by atoms with E-state index in [2.05, 4.69) is 17.2 Å². The van der Waals surface area contributed by atoms with Gasteiger partial charge in [-0.3, -0.25) is 4.79 Å². The molecule has 2 rings (SSSR count). The maximum atomic E-state index is 13.0. The number of halogens is 1. The summed E-state index contributed by atoms with van der Waals surface area (Å²) in [5, 5.41) is 5.34. The van der Waals surface area contributed by atoms with E-state index in [-0.39, 0.29) is 11.7 Å². The maximum Gasteiger partial charge on any atom is 0.226 e. The molecule has 3 nitrogen and oxygen atoms in total. The standard InChI is InChI=1S/C21H29FN2OS/c1-2-3-4-5-6-7-8-9-10-11-20(25)24-21-23-19(16-26-21)17-12-14-18(22)15-13-17/h12-16H,2-11H2,1H3,(H,23,24,25). The fraction of sp³-hybridized carbons (Fsp3) is 0.524. The lowest BCUT2D eigenvalue weighted by molar-refractivity contribution is -0.116. The Hall–Kier alpha value is -1.75. The van der Waals surface area contributed by atoms with Crippen LogP contribution in [0.2, 0.25) is 0 Å². The van der Waals surface area contributed by atoms with Gasteiger partial charge in [0.25, 0.3) is 0 Å². The third-order valence-electron chi connectivity index (χ3n) is 4.40. The van der Waals surface area contributed by atoms with Crippen LogP contribution in [0.25, 0.3) is 11.3 Å². The number of nitrogens with zero attached hydrogens (tertiary/aromatic N) is 1. The van der Waals surface area contributed by atoms with Crippen molar-refractivity contribution in [3.8, 4) is 11.3 Å². The highest BCUT2D eigenvalue weighted by molar-refractivity contribution is 7.14. The van der Waals surface area contributed by atoms with Crippen LogP contribution in [0.15, 0.2) is 29.6 Å². The van der Waals surface area contributed by atoms with Crippen LogP contribution >= 0.6 is 11.3 Å². The summed E-state index contributed by atoms with van der Waals surface area (Å²) in [5.41, 5.74) is 1.61. The van der Waals surface area contributed by atoms with Crippen LogP contribution in [0.5, 0.6) is 0 Å². The molecule has 0 bridgehead atoms. The number of unbranched alkanes of at least 4 members (excludes halogenated alkanes) is 8. The lowest BCUT2D eigenvalue weighted by Crippen LogP contribution is -2.10. The van der Waals surface area contributed by atoms with E-state index in [4.69, 9.17) is 0 Å². The number of rotatable bonds is 12. The average molecular weight is 377 g/mol. The number of carbonyl (C=O) groups excluding carboxylic acids is 1. The fourth-order valence-corrected chi connectivity index (χ4v) is 3.60. The first-order valence-electron chi connectivity index (χ1n) is 9.70. The van der Waals surface area contributed by atoms with Gasteiger partial charge in [0.1, 0.15) is 5.82 Å². The smallest absolute Gasteiger partial charge is 0.226 e. The topological polar surface area (TPSA) is 42.0 Å². The minimum atomic E-state index is -0.265. The van der Waals surface area contributed by atoms with E-state index < -0.39 is 0 Å². The predicted octanol–water partition coefficient (Wildman–Crippen LogP) is 6.81. The van der Waals surface area contributed by atoms with Gasteiger partial charge in [-0.25, -0.2) is 9.37 Å². The highest BCUT2D eigenvalue weighted by atomic mass is 32.1. The van der Waals surface area contributed by atoms with Crippen molar-refractivity contribution in [2.45, 2.75) is 71.1 Å². The van der Waals surface area contributed by atoms with Gasteiger partial charge in [-0.1, -0.05) is 58.3 Å². The minimum Gasteiger partial charge on any atom is -0.302 e. The number of anilines is 1. The Labute approximate surface area is 160 Å². The average Bonchev–Trinajstić information content (AvgIpc) is 3.09. The molecule has 0 saturated heterocycles. The fourth-order valence-electron chi connectivity index (χ4n) is 2.86.